The van der Waals surface area contributed by atoms with Crippen LogP contribution in [0.4, 0.5) is 11.5 Å². The van der Waals surface area contributed by atoms with E-state index in [-0.39, 0.29) is 5.75 Å². The Kier molecular flexibility index (Phi) is 5.46. The highest BCUT2D eigenvalue weighted by Crippen LogP contribution is 2.20. The largest absolute Gasteiger partial charge is 0.354 e. The topological polar surface area (TPSA) is 65.5 Å². The molecule has 1 aliphatic rings. The highest BCUT2D eigenvalue weighted by Gasteiger charge is 2.17. The van der Waals surface area contributed by atoms with Crippen molar-refractivity contribution in [3.8, 4) is 0 Å². The number of piperazine rings is 1. The lowest BCUT2D eigenvalue weighted by atomic mass is 10.2. The molecular weight excluding hydrogens is 360 g/mol. The summed E-state index contributed by atoms with van der Waals surface area (Å²) in [5.41, 5.74) is 1.02. The number of likely N-dealkylation sites (N-methyl/N-ethyl adjacent to an activating group) is 1. The van der Waals surface area contributed by atoms with Crippen LogP contribution in [-0.2, 0) is 15.8 Å². The molecular formula is C17H21ClN4O2S. The molecule has 0 radical (unpaired) electrons. The predicted octanol–water partition coefficient (Wildman–Crippen LogP) is 2.43. The van der Waals surface area contributed by atoms with Crippen LogP contribution in [0.25, 0.3) is 0 Å². The number of pyridine rings is 1. The third kappa shape index (κ3) is 4.84. The van der Waals surface area contributed by atoms with E-state index < -0.39 is 10.0 Å². The molecule has 8 heteroatoms. The molecule has 0 atom stereocenters. The molecule has 0 bridgehead atoms. The molecule has 1 fully saturated rings. The quantitative estimate of drug-likeness (QED) is 0.863. The van der Waals surface area contributed by atoms with Crippen molar-refractivity contribution in [1.29, 1.82) is 0 Å². The Bertz CT molecular complexity index is 819. The molecule has 0 aliphatic carbocycles. The van der Waals surface area contributed by atoms with Gasteiger partial charge in [-0.2, -0.15) is 0 Å². The van der Waals surface area contributed by atoms with E-state index in [1.165, 1.54) is 0 Å². The van der Waals surface area contributed by atoms with Gasteiger partial charge in [0.2, 0.25) is 10.0 Å². The van der Waals surface area contributed by atoms with Crippen molar-refractivity contribution in [1.82, 2.24) is 9.88 Å². The van der Waals surface area contributed by atoms with Crippen LogP contribution in [0.15, 0.2) is 42.6 Å². The van der Waals surface area contributed by atoms with Crippen molar-refractivity contribution in [3.63, 3.8) is 0 Å². The SMILES string of the molecule is CN1CCN(c2ccc(NS(=O)(=O)Cc3ccccc3Cl)cn2)CC1. The molecule has 25 heavy (non-hydrogen) atoms. The Morgan fingerprint density at radius 3 is 2.48 bits per heavy atom. The summed E-state index contributed by atoms with van der Waals surface area (Å²) >= 11 is 6.04. The predicted molar refractivity (Wildman–Crippen MR) is 102 cm³/mol. The van der Waals surface area contributed by atoms with Gasteiger partial charge in [0.15, 0.2) is 0 Å². The van der Waals surface area contributed by atoms with E-state index in [1.807, 2.05) is 6.07 Å². The molecule has 1 saturated heterocycles. The maximum Gasteiger partial charge on any atom is 0.237 e. The van der Waals surface area contributed by atoms with Crippen LogP contribution >= 0.6 is 11.6 Å². The zero-order valence-corrected chi connectivity index (χ0v) is 15.6. The fourth-order valence-electron chi connectivity index (χ4n) is 2.70. The maximum absolute atomic E-state index is 12.3. The molecule has 1 aromatic heterocycles. The molecule has 1 aliphatic heterocycles. The minimum Gasteiger partial charge on any atom is -0.354 e. The van der Waals surface area contributed by atoms with Gasteiger partial charge >= 0.3 is 0 Å². The number of hydrogen-bond acceptors (Lipinski definition) is 5. The van der Waals surface area contributed by atoms with Gasteiger partial charge in [-0.05, 0) is 30.8 Å². The van der Waals surface area contributed by atoms with Crippen LogP contribution in [-0.4, -0.2) is 51.5 Å². The molecule has 6 nitrogen and oxygen atoms in total. The van der Waals surface area contributed by atoms with E-state index in [0.717, 1.165) is 32.0 Å². The van der Waals surface area contributed by atoms with Gasteiger partial charge in [-0.1, -0.05) is 29.8 Å². The molecule has 2 aromatic rings. The molecule has 2 heterocycles. The fraction of sp³-hybridized carbons (Fsp3) is 0.353. The van der Waals surface area contributed by atoms with E-state index in [9.17, 15) is 8.42 Å². The van der Waals surface area contributed by atoms with Crippen LogP contribution in [0.2, 0.25) is 5.02 Å². The van der Waals surface area contributed by atoms with Gasteiger partial charge in [0.05, 0.1) is 17.6 Å². The highest BCUT2D eigenvalue weighted by atomic mass is 35.5. The van der Waals surface area contributed by atoms with E-state index in [1.54, 1.807) is 36.5 Å². The molecule has 0 saturated carbocycles. The second-order valence-electron chi connectivity index (χ2n) is 6.15. The van der Waals surface area contributed by atoms with Crippen LogP contribution < -0.4 is 9.62 Å². The Hall–Kier alpha value is -1.83. The van der Waals surface area contributed by atoms with Crippen LogP contribution in [0, 0.1) is 0 Å². The summed E-state index contributed by atoms with van der Waals surface area (Å²) in [5.74, 6) is 0.689. The minimum absolute atomic E-state index is 0.174. The summed E-state index contributed by atoms with van der Waals surface area (Å²) in [6.07, 6.45) is 1.55. The standard InChI is InChI=1S/C17H21ClN4O2S/c1-21-8-10-22(11-9-21)17-7-6-15(12-19-17)20-25(23,24)13-14-4-2-3-5-16(14)18/h2-7,12,20H,8-11,13H2,1H3. The zero-order chi connectivity index (χ0) is 17.9. The molecule has 0 unspecified atom stereocenters. The number of nitrogens with one attached hydrogen (secondary N) is 1. The number of benzene rings is 1. The summed E-state index contributed by atoms with van der Waals surface area (Å²) in [6.45, 7) is 3.82. The summed E-state index contributed by atoms with van der Waals surface area (Å²) in [6, 6.07) is 10.5. The van der Waals surface area contributed by atoms with Crippen molar-refractivity contribution < 1.29 is 8.42 Å². The number of hydrogen-bond donors (Lipinski definition) is 1. The van der Waals surface area contributed by atoms with Gasteiger partial charge in [-0.3, -0.25) is 4.72 Å². The number of halogens is 1. The van der Waals surface area contributed by atoms with Gasteiger partial charge in [-0.15, -0.1) is 0 Å². The van der Waals surface area contributed by atoms with Gasteiger partial charge < -0.3 is 9.80 Å². The Morgan fingerprint density at radius 1 is 1.12 bits per heavy atom. The summed E-state index contributed by atoms with van der Waals surface area (Å²) in [5, 5.41) is 0.441. The van der Waals surface area contributed by atoms with Crippen molar-refractivity contribution in [2.45, 2.75) is 5.75 Å². The first-order valence-corrected chi connectivity index (χ1v) is 10.1. The Morgan fingerprint density at radius 2 is 1.84 bits per heavy atom. The van der Waals surface area contributed by atoms with Crippen LogP contribution in [0.5, 0.6) is 0 Å². The van der Waals surface area contributed by atoms with E-state index in [0.29, 0.717) is 16.3 Å². The number of nitrogens with zero attached hydrogens (tertiary/aromatic N) is 3. The van der Waals surface area contributed by atoms with Gasteiger partial charge in [-0.25, -0.2) is 13.4 Å². The smallest absolute Gasteiger partial charge is 0.237 e. The van der Waals surface area contributed by atoms with E-state index in [2.05, 4.69) is 26.6 Å². The molecule has 1 aromatic carbocycles. The van der Waals surface area contributed by atoms with Crippen LogP contribution in [0.1, 0.15) is 5.56 Å². The molecule has 134 valence electrons. The molecule has 0 spiro atoms. The molecule has 0 amide bonds. The third-order valence-corrected chi connectivity index (χ3v) is 5.76. The monoisotopic (exact) mass is 380 g/mol. The Balaban J connectivity index is 1.65. The first kappa shape index (κ1) is 18.0. The van der Waals surface area contributed by atoms with Crippen molar-refractivity contribution in [2.75, 3.05) is 42.8 Å². The minimum atomic E-state index is -3.55. The van der Waals surface area contributed by atoms with E-state index in [4.69, 9.17) is 11.6 Å². The highest BCUT2D eigenvalue weighted by molar-refractivity contribution is 7.91. The van der Waals surface area contributed by atoms with E-state index >= 15 is 0 Å². The lowest BCUT2D eigenvalue weighted by Gasteiger charge is -2.33. The van der Waals surface area contributed by atoms with Crippen molar-refractivity contribution in [3.05, 3.63) is 53.2 Å². The van der Waals surface area contributed by atoms with Crippen LogP contribution in [0.3, 0.4) is 0 Å². The average Bonchev–Trinajstić information content (AvgIpc) is 2.58. The second-order valence-corrected chi connectivity index (χ2v) is 8.28. The van der Waals surface area contributed by atoms with Crippen molar-refractivity contribution in [2.24, 2.45) is 0 Å². The lowest BCUT2D eigenvalue weighted by Crippen LogP contribution is -2.44. The van der Waals surface area contributed by atoms with Gasteiger partial charge in [0.25, 0.3) is 0 Å². The molecule has 3 rings (SSSR count). The lowest BCUT2D eigenvalue weighted by molar-refractivity contribution is 0.312. The number of sulfonamides is 1. The molecule has 1 N–H and O–H groups in total. The fourth-order valence-corrected chi connectivity index (χ4v) is 4.20. The second kappa shape index (κ2) is 7.59. The van der Waals surface area contributed by atoms with Crippen molar-refractivity contribution >= 4 is 33.1 Å². The van der Waals surface area contributed by atoms with Gasteiger partial charge in [0.1, 0.15) is 5.82 Å². The third-order valence-electron chi connectivity index (χ3n) is 4.15. The number of anilines is 2. The zero-order valence-electron chi connectivity index (χ0n) is 14.0. The maximum atomic E-state index is 12.3. The summed E-state index contributed by atoms with van der Waals surface area (Å²) in [7, 11) is -1.45. The number of rotatable bonds is 5. The summed E-state index contributed by atoms with van der Waals surface area (Å²) in [4.78, 5) is 8.86. The first-order chi connectivity index (χ1) is 11.9. The first-order valence-electron chi connectivity index (χ1n) is 8.06. The average molecular weight is 381 g/mol. The summed E-state index contributed by atoms with van der Waals surface area (Å²) < 4.78 is 27.2. The normalized spacial score (nSPS) is 16.0. The Labute approximate surface area is 153 Å². The number of aromatic nitrogens is 1. The van der Waals surface area contributed by atoms with Gasteiger partial charge in [0, 0.05) is 31.2 Å².